The van der Waals surface area contributed by atoms with Gasteiger partial charge >= 0.3 is 0 Å². The van der Waals surface area contributed by atoms with Gasteiger partial charge in [0, 0.05) is 17.8 Å². The van der Waals surface area contributed by atoms with Gasteiger partial charge in [0.2, 0.25) is 5.88 Å². The fourth-order valence-corrected chi connectivity index (χ4v) is 3.65. The quantitative estimate of drug-likeness (QED) is 0.438. The van der Waals surface area contributed by atoms with Crippen molar-refractivity contribution < 1.29 is 4.74 Å². The number of hydrogen-bond acceptors (Lipinski definition) is 8. The number of ether oxygens (including phenoxy) is 1. The van der Waals surface area contributed by atoms with Gasteiger partial charge in [0.1, 0.15) is 33.3 Å². The molecular weight excluding hydrogens is 396 g/mol. The molecule has 0 atom stereocenters. The van der Waals surface area contributed by atoms with Crippen molar-refractivity contribution in [2.45, 2.75) is 0 Å². The molecule has 0 saturated heterocycles. The summed E-state index contributed by atoms with van der Waals surface area (Å²) in [6.45, 7) is 0. The zero-order valence-corrected chi connectivity index (χ0v) is 15.8. The smallest absolute Gasteiger partial charge is 0.238 e. The van der Waals surface area contributed by atoms with Crippen LogP contribution >= 0.6 is 22.9 Å². The van der Waals surface area contributed by atoms with Crippen molar-refractivity contribution in [2.24, 2.45) is 0 Å². The summed E-state index contributed by atoms with van der Waals surface area (Å²) in [5.41, 5.74) is 1.61. The molecule has 0 bridgehead atoms. The average Bonchev–Trinajstić information content (AvgIpc) is 3.12. The predicted molar refractivity (Wildman–Crippen MR) is 110 cm³/mol. The third kappa shape index (κ3) is 3.19. The van der Waals surface area contributed by atoms with Crippen molar-refractivity contribution in [3.63, 3.8) is 0 Å². The van der Waals surface area contributed by atoms with Gasteiger partial charge in [-0.1, -0.05) is 22.9 Å². The molecule has 0 aliphatic heterocycles. The molecule has 28 heavy (non-hydrogen) atoms. The Morgan fingerprint density at radius 3 is 2.71 bits per heavy atom. The molecule has 0 aliphatic rings. The number of halogens is 1. The first-order chi connectivity index (χ1) is 13.8. The summed E-state index contributed by atoms with van der Waals surface area (Å²) < 4.78 is 5.82. The number of fused-ring (bicyclic) bond motifs is 2. The zero-order valence-electron chi connectivity index (χ0n) is 14.2. The molecule has 5 rings (SSSR count). The minimum absolute atomic E-state index is 0.340. The lowest BCUT2D eigenvalue weighted by atomic mass is 10.2. The standard InChI is InChI=1S/C19H11ClN6OS/c20-13-3-1-7-21-17(13)27-11-5-6-14-12(9-11)16(24-10-23-14)26-19-25-15-4-2-8-22-18(15)28-19/h1-10H,(H,23,24,25,26). The number of nitrogens with one attached hydrogen (secondary N) is 1. The summed E-state index contributed by atoms with van der Waals surface area (Å²) in [6, 6.07) is 12.8. The summed E-state index contributed by atoms with van der Waals surface area (Å²) in [5.74, 6) is 1.55. The van der Waals surface area contributed by atoms with E-state index in [-0.39, 0.29) is 0 Å². The molecule has 0 fully saturated rings. The summed E-state index contributed by atoms with van der Waals surface area (Å²) in [5, 5.41) is 5.19. The molecule has 0 radical (unpaired) electrons. The highest BCUT2D eigenvalue weighted by molar-refractivity contribution is 7.21. The van der Waals surface area contributed by atoms with Crippen LogP contribution in [0, 0.1) is 0 Å². The van der Waals surface area contributed by atoms with E-state index in [0.717, 1.165) is 21.3 Å². The maximum atomic E-state index is 6.13. The summed E-state index contributed by atoms with van der Waals surface area (Å²) >= 11 is 7.59. The number of thiazole rings is 1. The number of benzene rings is 1. The largest absolute Gasteiger partial charge is 0.438 e. The molecule has 9 heteroatoms. The molecule has 0 amide bonds. The lowest BCUT2D eigenvalue weighted by Crippen LogP contribution is -1.96. The van der Waals surface area contributed by atoms with E-state index in [4.69, 9.17) is 16.3 Å². The minimum Gasteiger partial charge on any atom is -0.438 e. The summed E-state index contributed by atoms with van der Waals surface area (Å²) in [6.07, 6.45) is 4.88. The monoisotopic (exact) mass is 406 g/mol. The second-order valence-corrected chi connectivity index (χ2v) is 7.15. The van der Waals surface area contributed by atoms with Crippen LogP contribution in [0.5, 0.6) is 11.6 Å². The summed E-state index contributed by atoms with van der Waals surface area (Å²) in [4.78, 5) is 22.6. The van der Waals surface area contributed by atoms with E-state index in [9.17, 15) is 0 Å². The van der Waals surface area contributed by atoms with Crippen LogP contribution < -0.4 is 10.1 Å². The highest BCUT2D eigenvalue weighted by Crippen LogP contribution is 2.32. The van der Waals surface area contributed by atoms with Crippen LogP contribution in [0.15, 0.2) is 61.2 Å². The molecule has 4 aromatic heterocycles. The van der Waals surface area contributed by atoms with Gasteiger partial charge in [0.25, 0.3) is 0 Å². The van der Waals surface area contributed by atoms with Crippen molar-refractivity contribution in [1.82, 2.24) is 24.9 Å². The van der Waals surface area contributed by atoms with Crippen molar-refractivity contribution >= 4 is 55.1 Å². The fourth-order valence-electron chi connectivity index (χ4n) is 2.68. The highest BCUT2D eigenvalue weighted by Gasteiger charge is 2.11. The van der Waals surface area contributed by atoms with Crippen LogP contribution in [0.3, 0.4) is 0 Å². The van der Waals surface area contributed by atoms with Crippen LogP contribution in [-0.2, 0) is 0 Å². The third-order valence-corrected chi connectivity index (χ3v) is 5.12. The molecule has 0 spiro atoms. The molecule has 0 unspecified atom stereocenters. The Kier molecular flexibility index (Phi) is 4.19. The number of aromatic nitrogens is 5. The Bertz CT molecular complexity index is 1280. The predicted octanol–water partition coefficient (Wildman–Crippen LogP) is 5.22. The van der Waals surface area contributed by atoms with Gasteiger partial charge in [-0.05, 0) is 42.5 Å². The SMILES string of the molecule is Clc1cccnc1Oc1ccc2ncnc(Nc3nc4cccnc4s3)c2c1. The first-order valence-corrected chi connectivity index (χ1v) is 9.47. The van der Waals surface area contributed by atoms with Gasteiger partial charge < -0.3 is 10.1 Å². The molecule has 5 aromatic rings. The van der Waals surface area contributed by atoms with Gasteiger partial charge in [-0.25, -0.2) is 24.9 Å². The van der Waals surface area contributed by atoms with Gasteiger partial charge in [-0.15, -0.1) is 0 Å². The Morgan fingerprint density at radius 1 is 0.929 bits per heavy atom. The molecule has 136 valence electrons. The van der Waals surface area contributed by atoms with Crippen molar-refractivity contribution in [3.05, 3.63) is 66.2 Å². The second kappa shape index (κ2) is 6.99. The van der Waals surface area contributed by atoms with Gasteiger partial charge in [0.05, 0.1) is 5.52 Å². The van der Waals surface area contributed by atoms with E-state index in [1.165, 1.54) is 17.7 Å². The maximum Gasteiger partial charge on any atom is 0.238 e. The van der Waals surface area contributed by atoms with Crippen molar-refractivity contribution in [3.8, 4) is 11.6 Å². The van der Waals surface area contributed by atoms with Gasteiger partial charge in [0.15, 0.2) is 5.13 Å². The van der Waals surface area contributed by atoms with E-state index in [0.29, 0.717) is 27.6 Å². The topological polar surface area (TPSA) is 85.7 Å². The molecule has 4 heterocycles. The van der Waals surface area contributed by atoms with E-state index in [2.05, 4.69) is 30.2 Å². The second-order valence-electron chi connectivity index (χ2n) is 5.77. The Hall–Kier alpha value is -3.36. The molecular formula is C19H11ClN6OS. The Balaban J connectivity index is 1.52. The molecule has 7 nitrogen and oxygen atoms in total. The molecule has 0 saturated carbocycles. The first-order valence-electron chi connectivity index (χ1n) is 8.28. The fraction of sp³-hybridized carbons (Fsp3) is 0. The van der Waals surface area contributed by atoms with Crippen molar-refractivity contribution in [1.29, 1.82) is 0 Å². The Morgan fingerprint density at radius 2 is 1.82 bits per heavy atom. The average molecular weight is 407 g/mol. The number of nitrogens with zero attached hydrogens (tertiary/aromatic N) is 5. The van der Waals surface area contributed by atoms with Gasteiger partial charge in [-0.2, -0.15) is 0 Å². The van der Waals surface area contributed by atoms with Crippen LogP contribution in [0.4, 0.5) is 10.9 Å². The van der Waals surface area contributed by atoms with Crippen molar-refractivity contribution in [2.75, 3.05) is 5.32 Å². The van der Waals surface area contributed by atoms with Crippen LogP contribution in [0.25, 0.3) is 21.3 Å². The van der Waals surface area contributed by atoms with Crippen LogP contribution in [0.1, 0.15) is 0 Å². The summed E-state index contributed by atoms with van der Waals surface area (Å²) in [7, 11) is 0. The molecule has 0 aliphatic carbocycles. The lowest BCUT2D eigenvalue weighted by molar-refractivity contribution is 0.464. The highest BCUT2D eigenvalue weighted by atomic mass is 35.5. The molecule has 1 aromatic carbocycles. The van der Waals surface area contributed by atoms with Crippen LogP contribution in [0.2, 0.25) is 5.02 Å². The van der Waals surface area contributed by atoms with Gasteiger partial charge in [-0.3, -0.25) is 0 Å². The minimum atomic E-state index is 0.340. The number of rotatable bonds is 4. The van der Waals surface area contributed by atoms with E-state index in [1.54, 1.807) is 24.5 Å². The number of hydrogen-bond donors (Lipinski definition) is 1. The zero-order chi connectivity index (χ0) is 18.9. The third-order valence-electron chi connectivity index (χ3n) is 3.94. The maximum absolute atomic E-state index is 6.13. The lowest BCUT2D eigenvalue weighted by Gasteiger charge is -2.09. The number of anilines is 2. The van der Waals surface area contributed by atoms with Crippen LogP contribution in [-0.4, -0.2) is 24.9 Å². The molecule has 1 N–H and O–H groups in total. The Labute approximate surface area is 168 Å². The van der Waals surface area contributed by atoms with E-state index >= 15 is 0 Å². The van der Waals surface area contributed by atoms with E-state index in [1.807, 2.05) is 30.3 Å². The first kappa shape index (κ1) is 16.8. The number of pyridine rings is 2. The van der Waals surface area contributed by atoms with E-state index < -0.39 is 0 Å². The normalized spacial score (nSPS) is 11.0.